The number of amides is 1. The highest BCUT2D eigenvalue weighted by molar-refractivity contribution is 6.06. The molecule has 0 spiro atoms. The van der Waals surface area contributed by atoms with E-state index in [1.54, 1.807) is 24.3 Å². The summed E-state index contributed by atoms with van der Waals surface area (Å²) in [6.07, 6.45) is 0. The van der Waals surface area contributed by atoms with Crippen molar-refractivity contribution in [2.75, 3.05) is 4.90 Å². The molecule has 0 aliphatic carbocycles. The Balaban J connectivity index is 1.64. The summed E-state index contributed by atoms with van der Waals surface area (Å²) in [5.74, 6) is -0.672. The third kappa shape index (κ3) is 5.19. The van der Waals surface area contributed by atoms with E-state index in [0.29, 0.717) is 22.7 Å². The fourth-order valence-corrected chi connectivity index (χ4v) is 3.36. The maximum Gasteiger partial charge on any atom is 0.339 e. The van der Waals surface area contributed by atoms with E-state index in [-0.39, 0.29) is 23.8 Å². The minimum Gasteiger partial charge on any atom is -0.507 e. The summed E-state index contributed by atoms with van der Waals surface area (Å²) in [7, 11) is 0. The van der Waals surface area contributed by atoms with Gasteiger partial charge in [0, 0.05) is 11.3 Å². The van der Waals surface area contributed by atoms with E-state index in [1.165, 1.54) is 23.1 Å². The third-order valence-corrected chi connectivity index (χ3v) is 5.03. The zero-order valence-electron chi connectivity index (χ0n) is 17.6. The Hall–Kier alpha value is -4.58. The highest BCUT2D eigenvalue weighted by Crippen LogP contribution is 2.28. The van der Waals surface area contributed by atoms with Crippen LogP contribution in [0.2, 0.25) is 0 Å². The Morgan fingerprint density at radius 1 is 0.758 bits per heavy atom. The van der Waals surface area contributed by atoms with E-state index in [0.717, 1.165) is 5.56 Å². The van der Waals surface area contributed by atoms with Crippen LogP contribution in [-0.2, 0) is 6.54 Å². The molecule has 0 heterocycles. The molecule has 0 fully saturated rings. The van der Waals surface area contributed by atoms with Crippen molar-refractivity contribution < 1.29 is 24.5 Å². The van der Waals surface area contributed by atoms with Gasteiger partial charge in [-0.2, -0.15) is 0 Å². The van der Waals surface area contributed by atoms with Gasteiger partial charge in [-0.3, -0.25) is 4.79 Å². The number of aromatic carboxylic acids is 1. The first-order valence-electron chi connectivity index (χ1n) is 10.3. The monoisotopic (exact) mass is 439 g/mol. The van der Waals surface area contributed by atoms with E-state index >= 15 is 0 Å². The zero-order chi connectivity index (χ0) is 23.2. The molecule has 0 radical (unpaired) electrons. The first kappa shape index (κ1) is 21.6. The first-order chi connectivity index (χ1) is 16.0. The Labute approximate surface area is 190 Å². The summed E-state index contributed by atoms with van der Waals surface area (Å²) in [5, 5.41) is 19.3. The lowest BCUT2D eigenvalue weighted by molar-refractivity contribution is 0.0693. The molecule has 0 aromatic heterocycles. The van der Waals surface area contributed by atoms with Gasteiger partial charge in [-0.25, -0.2) is 4.79 Å². The number of phenols is 1. The van der Waals surface area contributed by atoms with Gasteiger partial charge in [-0.1, -0.05) is 48.5 Å². The molecule has 0 bridgehead atoms. The van der Waals surface area contributed by atoms with Crippen LogP contribution in [0.15, 0.2) is 103 Å². The van der Waals surface area contributed by atoms with Gasteiger partial charge in [-0.15, -0.1) is 0 Å². The van der Waals surface area contributed by atoms with Crippen molar-refractivity contribution in [3.05, 3.63) is 120 Å². The minimum absolute atomic E-state index is 0.228. The molecular weight excluding hydrogens is 418 g/mol. The predicted molar refractivity (Wildman–Crippen MR) is 125 cm³/mol. The van der Waals surface area contributed by atoms with Gasteiger partial charge in [0.15, 0.2) is 0 Å². The summed E-state index contributed by atoms with van der Waals surface area (Å²) in [6, 6.07) is 29.5. The predicted octanol–water partition coefficient (Wildman–Crippen LogP) is 5.73. The van der Waals surface area contributed by atoms with E-state index < -0.39 is 5.97 Å². The number of hydrogen-bond donors (Lipinski definition) is 2. The van der Waals surface area contributed by atoms with Crippen molar-refractivity contribution in [2.24, 2.45) is 0 Å². The number of aromatic hydroxyl groups is 1. The quantitative estimate of drug-likeness (QED) is 0.384. The number of carboxylic acids is 1. The van der Waals surface area contributed by atoms with Crippen molar-refractivity contribution in [3.63, 3.8) is 0 Å². The highest BCUT2D eigenvalue weighted by Gasteiger charge is 2.21. The van der Waals surface area contributed by atoms with Gasteiger partial charge in [0.25, 0.3) is 5.91 Å². The average molecular weight is 439 g/mol. The van der Waals surface area contributed by atoms with E-state index in [9.17, 15) is 19.8 Å². The number of para-hydroxylation sites is 1. The van der Waals surface area contributed by atoms with Crippen LogP contribution in [0.25, 0.3) is 0 Å². The number of carbonyl (C=O) groups is 2. The second-order valence-corrected chi connectivity index (χ2v) is 7.32. The number of ether oxygens (including phenoxy) is 1. The Morgan fingerprint density at radius 2 is 1.36 bits per heavy atom. The van der Waals surface area contributed by atoms with Crippen molar-refractivity contribution in [2.45, 2.75) is 6.54 Å². The molecule has 0 atom stereocenters. The second-order valence-electron chi connectivity index (χ2n) is 7.32. The molecule has 4 rings (SSSR count). The summed E-state index contributed by atoms with van der Waals surface area (Å²) in [4.78, 5) is 26.4. The largest absolute Gasteiger partial charge is 0.507 e. The van der Waals surface area contributed by atoms with E-state index in [1.807, 2.05) is 60.7 Å². The van der Waals surface area contributed by atoms with Crippen molar-refractivity contribution in [1.82, 2.24) is 0 Å². The summed E-state index contributed by atoms with van der Waals surface area (Å²) in [5.41, 5.74) is 1.38. The van der Waals surface area contributed by atoms with Gasteiger partial charge in [-0.05, 0) is 60.2 Å². The molecule has 0 aliphatic rings. The molecule has 6 heteroatoms. The average Bonchev–Trinajstić information content (AvgIpc) is 2.84. The molecule has 1 amide bonds. The number of carbonyl (C=O) groups excluding carboxylic acids is 1. The number of carboxylic acid groups (broad SMARTS) is 1. The van der Waals surface area contributed by atoms with Gasteiger partial charge in [0.1, 0.15) is 22.8 Å². The minimum atomic E-state index is -1.27. The van der Waals surface area contributed by atoms with Crippen LogP contribution < -0.4 is 9.64 Å². The first-order valence-corrected chi connectivity index (χ1v) is 10.3. The molecule has 0 aliphatic heterocycles. The van der Waals surface area contributed by atoms with Crippen molar-refractivity contribution >= 4 is 17.6 Å². The maximum absolute atomic E-state index is 13.5. The molecule has 2 N–H and O–H groups in total. The molecular formula is C27H21NO5. The maximum atomic E-state index is 13.5. The SMILES string of the molecule is O=C(O)c1cc(N(Cc2ccccc2)C(=O)c2ccc(Oc3ccccc3)cc2)ccc1O. The number of benzene rings is 4. The third-order valence-electron chi connectivity index (χ3n) is 5.03. The molecule has 33 heavy (non-hydrogen) atoms. The van der Waals surface area contributed by atoms with Crippen LogP contribution in [0.1, 0.15) is 26.3 Å². The second kappa shape index (κ2) is 9.70. The standard InChI is InChI=1S/C27H21NO5/c29-25-16-13-21(17-24(25)27(31)32)28(18-19-7-3-1-4-8-19)26(30)20-11-14-23(15-12-20)33-22-9-5-2-6-10-22/h1-17,29H,18H2,(H,31,32). The van der Waals surface area contributed by atoms with Crippen molar-refractivity contribution in [3.8, 4) is 17.2 Å². The lowest BCUT2D eigenvalue weighted by Crippen LogP contribution is -2.30. The van der Waals surface area contributed by atoms with Gasteiger partial charge in [0.05, 0.1) is 6.54 Å². The zero-order valence-corrected chi connectivity index (χ0v) is 17.6. The van der Waals surface area contributed by atoms with Crippen molar-refractivity contribution in [1.29, 1.82) is 0 Å². The molecule has 0 saturated carbocycles. The molecule has 4 aromatic rings. The fourth-order valence-electron chi connectivity index (χ4n) is 3.36. The van der Waals surface area contributed by atoms with Crippen LogP contribution in [-0.4, -0.2) is 22.1 Å². The molecule has 0 saturated heterocycles. The van der Waals surface area contributed by atoms with Crippen LogP contribution in [0.3, 0.4) is 0 Å². The Kier molecular flexibility index (Phi) is 6.36. The lowest BCUT2D eigenvalue weighted by Gasteiger charge is -2.24. The molecule has 6 nitrogen and oxygen atoms in total. The number of hydrogen-bond acceptors (Lipinski definition) is 4. The molecule has 4 aromatic carbocycles. The normalized spacial score (nSPS) is 10.4. The number of rotatable bonds is 7. The molecule has 164 valence electrons. The number of nitrogens with zero attached hydrogens (tertiary/aromatic N) is 1. The van der Waals surface area contributed by atoms with Gasteiger partial charge < -0.3 is 19.8 Å². The van der Waals surface area contributed by atoms with Gasteiger partial charge >= 0.3 is 5.97 Å². The summed E-state index contributed by atoms with van der Waals surface area (Å²) < 4.78 is 5.79. The number of anilines is 1. The van der Waals surface area contributed by atoms with Gasteiger partial charge in [0.2, 0.25) is 0 Å². The summed E-state index contributed by atoms with van der Waals surface area (Å²) >= 11 is 0. The highest BCUT2D eigenvalue weighted by atomic mass is 16.5. The Morgan fingerprint density at radius 3 is 2.00 bits per heavy atom. The smallest absolute Gasteiger partial charge is 0.339 e. The van der Waals surface area contributed by atoms with E-state index in [2.05, 4.69) is 0 Å². The van der Waals surface area contributed by atoms with Crippen LogP contribution in [0.5, 0.6) is 17.2 Å². The Bertz CT molecular complexity index is 1250. The fraction of sp³-hybridized carbons (Fsp3) is 0.0370. The molecule has 0 unspecified atom stereocenters. The lowest BCUT2D eigenvalue weighted by atomic mass is 10.1. The van der Waals surface area contributed by atoms with Crippen LogP contribution in [0.4, 0.5) is 5.69 Å². The summed E-state index contributed by atoms with van der Waals surface area (Å²) in [6.45, 7) is 0.228. The van der Waals surface area contributed by atoms with Crippen LogP contribution in [0, 0.1) is 0 Å². The van der Waals surface area contributed by atoms with Crippen LogP contribution >= 0.6 is 0 Å². The topological polar surface area (TPSA) is 87.1 Å². The van der Waals surface area contributed by atoms with E-state index in [4.69, 9.17) is 4.74 Å².